The second-order valence-electron chi connectivity index (χ2n) is 5.33. The maximum Gasteiger partial charge on any atom is 0.191 e. The highest BCUT2D eigenvalue weighted by Crippen LogP contribution is 2.25. The first-order valence-corrected chi connectivity index (χ1v) is 7.88. The van der Waals surface area contributed by atoms with Crippen LogP contribution in [0.1, 0.15) is 51.9 Å². The third kappa shape index (κ3) is 8.09. The van der Waals surface area contributed by atoms with E-state index in [1.54, 1.807) is 7.11 Å². The Kier molecular flexibility index (Phi) is 9.51. The number of rotatable bonds is 8. The molecule has 0 heterocycles. The van der Waals surface area contributed by atoms with Crippen molar-refractivity contribution in [3.63, 3.8) is 0 Å². The molecule has 0 aromatic rings. The summed E-state index contributed by atoms with van der Waals surface area (Å²) in [6, 6.07) is 0. The monoisotopic (exact) mass is 269 g/mol. The van der Waals surface area contributed by atoms with Crippen molar-refractivity contribution in [2.24, 2.45) is 10.9 Å². The molecule has 0 aromatic carbocycles. The van der Waals surface area contributed by atoms with Crippen LogP contribution in [0.5, 0.6) is 0 Å². The Hall–Kier alpha value is -0.770. The van der Waals surface area contributed by atoms with E-state index in [9.17, 15) is 0 Å². The van der Waals surface area contributed by atoms with Crippen molar-refractivity contribution in [3.8, 4) is 0 Å². The Morgan fingerprint density at radius 3 is 2.68 bits per heavy atom. The van der Waals surface area contributed by atoms with Crippen molar-refractivity contribution in [3.05, 3.63) is 0 Å². The van der Waals surface area contributed by atoms with Gasteiger partial charge in [-0.2, -0.15) is 0 Å². The summed E-state index contributed by atoms with van der Waals surface area (Å²) in [5.41, 5.74) is 0. The highest BCUT2D eigenvalue weighted by atomic mass is 16.5. The third-order valence-electron chi connectivity index (χ3n) is 3.69. The van der Waals surface area contributed by atoms with Crippen LogP contribution in [0.2, 0.25) is 0 Å². The molecular formula is C15H31N3O. The fourth-order valence-electron chi connectivity index (χ4n) is 2.61. The van der Waals surface area contributed by atoms with E-state index in [2.05, 4.69) is 22.5 Å². The molecule has 0 unspecified atom stereocenters. The molecule has 0 spiro atoms. The summed E-state index contributed by atoms with van der Waals surface area (Å²) < 4.78 is 5.03. The van der Waals surface area contributed by atoms with E-state index in [1.165, 1.54) is 38.5 Å². The summed E-state index contributed by atoms with van der Waals surface area (Å²) in [5, 5.41) is 6.74. The lowest BCUT2D eigenvalue weighted by molar-refractivity contribution is 0.197. The van der Waals surface area contributed by atoms with E-state index < -0.39 is 0 Å². The Bertz CT molecular complexity index is 238. The molecule has 0 amide bonds. The van der Waals surface area contributed by atoms with Crippen molar-refractivity contribution >= 4 is 5.96 Å². The second-order valence-corrected chi connectivity index (χ2v) is 5.33. The molecule has 0 aromatic heterocycles. The molecule has 1 saturated carbocycles. The van der Waals surface area contributed by atoms with Gasteiger partial charge >= 0.3 is 0 Å². The zero-order chi connectivity index (χ0) is 13.8. The molecule has 19 heavy (non-hydrogen) atoms. The number of nitrogens with zero attached hydrogens (tertiary/aromatic N) is 1. The van der Waals surface area contributed by atoms with Gasteiger partial charge in [0.15, 0.2) is 5.96 Å². The normalized spacial score (nSPS) is 17.5. The predicted octanol–water partition coefficient (Wildman–Crippen LogP) is 2.55. The quantitative estimate of drug-likeness (QED) is 0.404. The van der Waals surface area contributed by atoms with Crippen LogP contribution >= 0.6 is 0 Å². The molecule has 4 nitrogen and oxygen atoms in total. The van der Waals surface area contributed by atoms with Crippen LogP contribution < -0.4 is 10.6 Å². The lowest BCUT2D eigenvalue weighted by Crippen LogP contribution is -2.38. The van der Waals surface area contributed by atoms with Crippen molar-refractivity contribution in [1.29, 1.82) is 0 Å². The van der Waals surface area contributed by atoms with Gasteiger partial charge in [0.25, 0.3) is 0 Å². The van der Waals surface area contributed by atoms with Gasteiger partial charge in [-0.3, -0.25) is 4.99 Å². The van der Waals surface area contributed by atoms with E-state index in [-0.39, 0.29) is 0 Å². The van der Waals surface area contributed by atoms with E-state index in [0.717, 1.165) is 44.5 Å². The van der Waals surface area contributed by atoms with Crippen LogP contribution in [-0.2, 0) is 4.74 Å². The Morgan fingerprint density at radius 1 is 1.21 bits per heavy atom. The fourth-order valence-corrected chi connectivity index (χ4v) is 2.61. The molecule has 4 heteroatoms. The number of nitrogens with one attached hydrogen (secondary N) is 2. The van der Waals surface area contributed by atoms with Crippen LogP contribution in [0.25, 0.3) is 0 Å². The Morgan fingerprint density at radius 2 is 2.00 bits per heavy atom. The van der Waals surface area contributed by atoms with E-state index in [4.69, 9.17) is 4.74 Å². The minimum atomic E-state index is 0.783. The molecule has 1 rings (SSSR count). The molecule has 0 aliphatic heterocycles. The zero-order valence-electron chi connectivity index (χ0n) is 12.7. The number of aliphatic imine (C=N–C) groups is 1. The summed E-state index contributed by atoms with van der Waals surface area (Å²) in [7, 11) is 1.73. The lowest BCUT2D eigenvalue weighted by Gasteiger charge is -2.22. The van der Waals surface area contributed by atoms with Crippen molar-refractivity contribution in [2.45, 2.75) is 51.9 Å². The van der Waals surface area contributed by atoms with E-state index in [1.807, 2.05) is 0 Å². The van der Waals surface area contributed by atoms with Gasteiger partial charge in [0.05, 0.1) is 0 Å². The zero-order valence-corrected chi connectivity index (χ0v) is 12.7. The molecule has 0 bridgehead atoms. The lowest BCUT2D eigenvalue weighted by atomic mass is 9.87. The average molecular weight is 269 g/mol. The van der Waals surface area contributed by atoms with E-state index >= 15 is 0 Å². The molecule has 0 radical (unpaired) electrons. The highest BCUT2D eigenvalue weighted by molar-refractivity contribution is 5.79. The van der Waals surface area contributed by atoms with Gasteiger partial charge < -0.3 is 15.4 Å². The summed E-state index contributed by atoms with van der Waals surface area (Å²) in [6.07, 6.45) is 9.39. The topological polar surface area (TPSA) is 45.7 Å². The SMILES string of the molecule is CCNC(=NCCCOC)NCCC1CCCCC1. The maximum absolute atomic E-state index is 5.03. The summed E-state index contributed by atoms with van der Waals surface area (Å²) in [4.78, 5) is 4.55. The Balaban J connectivity index is 2.16. The number of methoxy groups -OCH3 is 1. The smallest absolute Gasteiger partial charge is 0.191 e. The number of hydrogen-bond donors (Lipinski definition) is 2. The minimum Gasteiger partial charge on any atom is -0.385 e. The number of guanidine groups is 1. The molecule has 1 aliphatic rings. The van der Waals surface area contributed by atoms with Crippen molar-refractivity contribution in [2.75, 3.05) is 33.4 Å². The van der Waals surface area contributed by atoms with Crippen molar-refractivity contribution < 1.29 is 4.74 Å². The van der Waals surface area contributed by atoms with Crippen LogP contribution in [0.3, 0.4) is 0 Å². The minimum absolute atomic E-state index is 0.783. The predicted molar refractivity (Wildman–Crippen MR) is 81.7 cm³/mol. The molecule has 0 saturated heterocycles. The van der Waals surface area contributed by atoms with Gasteiger partial charge in [-0.05, 0) is 25.7 Å². The van der Waals surface area contributed by atoms with Crippen molar-refractivity contribution in [1.82, 2.24) is 10.6 Å². The van der Waals surface area contributed by atoms with E-state index in [0.29, 0.717) is 0 Å². The van der Waals surface area contributed by atoms with Gasteiger partial charge in [-0.1, -0.05) is 32.1 Å². The molecule has 0 atom stereocenters. The standard InChI is InChI=1S/C15H31N3O/c1-3-16-15(17-11-7-13-19-2)18-12-10-14-8-5-4-6-9-14/h14H,3-13H2,1-2H3,(H2,16,17,18). The molecule has 1 aliphatic carbocycles. The highest BCUT2D eigenvalue weighted by Gasteiger charge is 2.12. The maximum atomic E-state index is 5.03. The van der Waals surface area contributed by atoms with Gasteiger partial charge in [0.2, 0.25) is 0 Å². The first-order valence-electron chi connectivity index (χ1n) is 7.88. The summed E-state index contributed by atoms with van der Waals surface area (Å²) in [5.74, 6) is 1.88. The largest absolute Gasteiger partial charge is 0.385 e. The first-order chi connectivity index (χ1) is 9.36. The van der Waals surface area contributed by atoms with Gasteiger partial charge in [0.1, 0.15) is 0 Å². The number of hydrogen-bond acceptors (Lipinski definition) is 2. The third-order valence-corrected chi connectivity index (χ3v) is 3.69. The molecular weight excluding hydrogens is 238 g/mol. The Labute approximate surface area is 118 Å². The van der Waals surface area contributed by atoms with Crippen LogP contribution in [0.15, 0.2) is 4.99 Å². The summed E-state index contributed by atoms with van der Waals surface area (Å²) >= 11 is 0. The number of ether oxygens (including phenoxy) is 1. The van der Waals surface area contributed by atoms with Gasteiger partial charge in [-0.25, -0.2) is 0 Å². The van der Waals surface area contributed by atoms with Crippen LogP contribution in [0, 0.1) is 5.92 Å². The van der Waals surface area contributed by atoms with Gasteiger partial charge in [0, 0.05) is 33.4 Å². The first kappa shape index (κ1) is 16.3. The molecule has 1 fully saturated rings. The summed E-state index contributed by atoms with van der Waals surface area (Å²) in [6.45, 7) is 5.67. The van der Waals surface area contributed by atoms with Crippen LogP contribution in [0.4, 0.5) is 0 Å². The molecule has 112 valence electrons. The average Bonchev–Trinajstić information content (AvgIpc) is 2.44. The fraction of sp³-hybridized carbons (Fsp3) is 0.933. The van der Waals surface area contributed by atoms with Gasteiger partial charge in [-0.15, -0.1) is 0 Å². The molecule has 2 N–H and O–H groups in total. The van der Waals surface area contributed by atoms with Crippen LogP contribution in [-0.4, -0.2) is 39.3 Å². The second kappa shape index (κ2) is 11.1.